The molecule has 0 aliphatic carbocycles. The van der Waals surface area contributed by atoms with E-state index in [2.05, 4.69) is 52.7 Å². The lowest BCUT2D eigenvalue weighted by Crippen LogP contribution is -2.28. The van der Waals surface area contributed by atoms with Gasteiger partial charge in [-0.15, -0.1) is 0 Å². The summed E-state index contributed by atoms with van der Waals surface area (Å²) in [4.78, 5) is 2.38. The molecule has 90 valence electrons. The maximum absolute atomic E-state index is 6.13. The smallest absolute Gasteiger partial charge is 0.0648 e. The molecule has 0 aliphatic rings. The summed E-state index contributed by atoms with van der Waals surface area (Å²) < 4.78 is 1.16. The van der Waals surface area contributed by atoms with E-state index in [-0.39, 0.29) is 0 Å². The lowest BCUT2D eigenvalue weighted by atomic mass is 10.3. The van der Waals surface area contributed by atoms with Crippen molar-refractivity contribution in [2.24, 2.45) is 0 Å². The molecule has 1 aromatic carbocycles. The van der Waals surface area contributed by atoms with Gasteiger partial charge in [0.05, 0.1) is 10.7 Å². The predicted molar refractivity (Wildman–Crippen MR) is 80.4 cm³/mol. The summed E-state index contributed by atoms with van der Waals surface area (Å²) in [5.41, 5.74) is 1.02. The van der Waals surface area contributed by atoms with E-state index in [9.17, 15) is 0 Å². The molecule has 16 heavy (non-hydrogen) atoms. The number of hydrogen-bond acceptors (Lipinski definition) is 2. The van der Waals surface area contributed by atoms with E-state index in [0.717, 1.165) is 40.5 Å². The van der Waals surface area contributed by atoms with Crippen LogP contribution in [0.1, 0.15) is 13.8 Å². The van der Waals surface area contributed by atoms with Gasteiger partial charge in [-0.25, -0.2) is 0 Å². The third-order valence-electron chi connectivity index (χ3n) is 2.57. The van der Waals surface area contributed by atoms with Crippen molar-refractivity contribution in [1.29, 1.82) is 0 Å². The highest BCUT2D eigenvalue weighted by Crippen LogP contribution is 2.23. The van der Waals surface area contributed by atoms with Gasteiger partial charge in [-0.2, -0.15) is 0 Å². The van der Waals surface area contributed by atoms with E-state index in [1.54, 1.807) is 0 Å². The molecule has 0 aliphatic heterocycles. The number of anilines is 1. The Bertz CT molecular complexity index is 327. The molecule has 0 heterocycles. The molecular formula is C12H18ClIN2. The van der Waals surface area contributed by atoms with Gasteiger partial charge in [0.25, 0.3) is 0 Å². The summed E-state index contributed by atoms with van der Waals surface area (Å²) >= 11 is 8.39. The fourth-order valence-corrected chi connectivity index (χ4v) is 2.44. The van der Waals surface area contributed by atoms with Crippen LogP contribution < -0.4 is 5.32 Å². The first kappa shape index (κ1) is 14.1. The quantitative estimate of drug-likeness (QED) is 0.785. The molecule has 0 amide bonds. The number of likely N-dealkylation sites (N-methyl/N-ethyl adjacent to an activating group) is 1. The van der Waals surface area contributed by atoms with Crippen molar-refractivity contribution >= 4 is 39.9 Å². The van der Waals surface area contributed by atoms with Crippen LogP contribution in [-0.2, 0) is 0 Å². The first-order valence-electron chi connectivity index (χ1n) is 5.58. The average molecular weight is 353 g/mol. The Kier molecular flexibility index (Phi) is 6.46. The molecule has 1 rings (SSSR count). The molecule has 0 spiro atoms. The van der Waals surface area contributed by atoms with Crippen LogP contribution in [0.15, 0.2) is 18.2 Å². The number of nitrogens with one attached hydrogen (secondary N) is 1. The lowest BCUT2D eigenvalue weighted by molar-refractivity contribution is 0.316. The average Bonchev–Trinajstić information content (AvgIpc) is 2.27. The van der Waals surface area contributed by atoms with Crippen molar-refractivity contribution in [2.75, 3.05) is 31.5 Å². The summed E-state index contributed by atoms with van der Waals surface area (Å²) in [7, 11) is 0. The molecular weight excluding hydrogens is 335 g/mol. The van der Waals surface area contributed by atoms with Crippen LogP contribution in [-0.4, -0.2) is 31.1 Å². The molecule has 0 saturated carbocycles. The molecule has 0 fully saturated rings. The van der Waals surface area contributed by atoms with Crippen LogP contribution in [0.5, 0.6) is 0 Å². The zero-order valence-electron chi connectivity index (χ0n) is 9.76. The van der Waals surface area contributed by atoms with Crippen LogP contribution >= 0.6 is 34.2 Å². The van der Waals surface area contributed by atoms with Gasteiger partial charge in [0.2, 0.25) is 0 Å². The first-order valence-corrected chi connectivity index (χ1v) is 7.04. The van der Waals surface area contributed by atoms with Gasteiger partial charge in [-0.1, -0.05) is 25.4 Å². The topological polar surface area (TPSA) is 15.3 Å². The van der Waals surface area contributed by atoms with Crippen molar-refractivity contribution < 1.29 is 0 Å². The van der Waals surface area contributed by atoms with Gasteiger partial charge in [-0.05, 0) is 53.9 Å². The zero-order valence-corrected chi connectivity index (χ0v) is 12.7. The summed E-state index contributed by atoms with van der Waals surface area (Å²) in [6, 6.07) is 6.07. The fraction of sp³-hybridized carbons (Fsp3) is 0.500. The summed E-state index contributed by atoms with van der Waals surface area (Å²) in [5, 5.41) is 4.16. The summed E-state index contributed by atoms with van der Waals surface area (Å²) in [5.74, 6) is 0. The minimum Gasteiger partial charge on any atom is -0.383 e. The molecule has 1 aromatic rings. The van der Waals surface area contributed by atoms with Crippen molar-refractivity contribution in [3.8, 4) is 0 Å². The van der Waals surface area contributed by atoms with E-state index < -0.39 is 0 Å². The van der Waals surface area contributed by atoms with E-state index in [1.165, 1.54) is 0 Å². The van der Waals surface area contributed by atoms with Crippen LogP contribution in [0.3, 0.4) is 0 Å². The highest BCUT2D eigenvalue weighted by molar-refractivity contribution is 14.1. The third-order valence-corrected chi connectivity index (χ3v) is 3.55. The number of nitrogens with zero attached hydrogens (tertiary/aromatic N) is 1. The number of benzene rings is 1. The molecule has 4 heteroatoms. The SMILES string of the molecule is CCN(CC)CCNc1ccc(I)cc1Cl. The Morgan fingerprint density at radius 2 is 2.00 bits per heavy atom. The Morgan fingerprint density at radius 3 is 2.56 bits per heavy atom. The van der Waals surface area contributed by atoms with Crippen LogP contribution in [0.4, 0.5) is 5.69 Å². The molecule has 1 N–H and O–H groups in total. The minimum atomic E-state index is 0.798. The largest absolute Gasteiger partial charge is 0.383 e. The van der Waals surface area contributed by atoms with E-state index in [0.29, 0.717) is 0 Å². The molecule has 0 radical (unpaired) electrons. The standard InChI is InChI=1S/C12H18ClIN2/c1-3-16(4-2)8-7-15-12-6-5-10(14)9-11(12)13/h5-6,9,15H,3-4,7-8H2,1-2H3. The Labute approximate surface area is 116 Å². The summed E-state index contributed by atoms with van der Waals surface area (Å²) in [6.45, 7) is 8.54. The number of hydrogen-bond donors (Lipinski definition) is 1. The first-order chi connectivity index (χ1) is 7.67. The van der Waals surface area contributed by atoms with Crippen molar-refractivity contribution in [3.63, 3.8) is 0 Å². The van der Waals surface area contributed by atoms with Gasteiger partial charge in [0.1, 0.15) is 0 Å². The number of halogens is 2. The summed E-state index contributed by atoms with van der Waals surface area (Å²) in [6.07, 6.45) is 0. The molecule has 0 atom stereocenters. The predicted octanol–water partition coefficient (Wildman–Crippen LogP) is 3.70. The second kappa shape index (κ2) is 7.35. The molecule has 0 bridgehead atoms. The molecule has 0 aromatic heterocycles. The van der Waals surface area contributed by atoms with Crippen molar-refractivity contribution in [2.45, 2.75) is 13.8 Å². The Hall–Kier alpha value is -0.0000000000000000555. The molecule has 0 unspecified atom stereocenters. The van der Waals surface area contributed by atoms with Crippen LogP contribution in [0.2, 0.25) is 5.02 Å². The highest BCUT2D eigenvalue weighted by Gasteiger charge is 2.01. The molecule has 0 saturated heterocycles. The van der Waals surface area contributed by atoms with Gasteiger partial charge in [-0.3, -0.25) is 0 Å². The van der Waals surface area contributed by atoms with Gasteiger partial charge in [0, 0.05) is 16.7 Å². The third kappa shape index (κ3) is 4.47. The monoisotopic (exact) mass is 352 g/mol. The Morgan fingerprint density at radius 1 is 1.31 bits per heavy atom. The lowest BCUT2D eigenvalue weighted by Gasteiger charge is -2.18. The van der Waals surface area contributed by atoms with Crippen LogP contribution in [0, 0.1) is 3.57 Å². The minimum absolute atomic E-state index is 0.798. The van der Waals surface area contributed by atoms with Crippen molar-refractivity contribution in [1.82, 2.24) is 4.90 Å². The zero-order chi connectivity index (χ0) is 12.0. The normalized spacial score (nSPS) is 10.8. The highest BCUT2D eigenvalue weighted by atomic mass is 127. The maximum Gasteiger partial charge on any atom is 0.0648 e. The van der Waals surface area contributed by atoms with Gasteiger partial charge in [0.15, 0.2) is 0 Å². The number of rotatable bonds is 6. The van der Waals surface area contributed by atoms with Gasteiger partial charge < -0.3 is 10.2 Å². The fourth-order valence-electron chi connectivity index (χ4n) is 1.52. The van der Waals surface area contributed by atoms with Crippen molar-refractivity contribution in [3.05, 3.63) is 26.8 Å². The second-order valence-corrected chi connectivity index (χ2v) is 5.23. The van der Waals surface area contributed by atoms with E-state index >= 15 is 0 Å². The maximum atomic E-state index is 6.13. The molecule has 2 nitrogen and oxygen atoms in total. The van der Waals surface area contributed by atoms with Gasteiger partial charge >= 0.3 is 0 Å². The second-order valence-electron chi connectivity index (χ2n) is 3.58. The van der Waals surface area contributed by atoms with E-state index in [4.69, 9.17) is 11.6 Å². The Balaban J connectivity index is 2.42. The van der Waals surface area contributed by atoms with Crippen LogP contribution in [0.25, 0.3) is 0 Å². The van der Waals surface area contributed by atoms with E-state index in [1.807, 2.05) is 12.1 Å².